The topological polar surface area (TPSA) is 79.3 Å². The van der Waals surface area contributed by atoms with Gasteiger partial charge in [0.2, 0.25) is 0 Å². The number of carboxylic acids is 1. The highest BCUT2D eigenvalue weighted by Gasteiger charge is 2.39. The minimum Gasteiger partial charge on any atom is -0.476 e. The number of halogens is 4. The third-order valence-corrected chi connectivity index (χ3v) is 3.43. The summed E-state index contributed by atoms with van der Waals surface area (Å²) in [6.07, 6.45) is -5.12. The van der Waals surface area contributed by atoms with Crippen LogP contribution >= 0.6 is 11.3 Å². The number of hydrogen-bond acceptors (Lipinski definition) is 4. The normalized spacial score (nSPS) is 11.3. The Morgan fingerprint density at radius 2 is 1.77 bits per heavy atom. The predicted octanol–water partition coefficient (Wildman–Crippen LogP) is 3.15. The molecule has 0 saturated carbocycles. The largest absolute Gasteiger partial charge is 0.476 e. The number of nitrogens with one attached hydrogen (secondary N) is 1. The standard InChI is InChI=1S/C12H6F4N2O3S/c13-6-3-1-5(2-4-6)8-7(9(19)20)17-11(22-8)18-10(21)12(14,15)16/h1-4H,(H,19,20)(H,17,18,21). The van der Waals surface area contributed by atoms with E-state index in [0.717, 1.165) is 12.1 Å². The number of benzene rings is 1. The van der Waals surface area contributed by atoms with Crippen LogP contribution in [0, 0.1) is 5.82 Å². The monoisotopic (exact) mass is 334 g/mol. The molecule has 2 N–H and O–H groups in total. The first-order valence-corrected chi connectivity index (χ1v) is 6.38. The maximum absolute atomic E-state index is 12.9. The van der Waals surface area contributed by atoms with Crippen molar-refractivity contribution in [2.45, 2.75) is 6.18 Å². The van der Waals surface area contributed by atoms with Crippen LogP contribution in [0.1, 0.15) is 10.5 Å². The molecule has 0 unspecified atom stereocenters. The van der Waals surface area contributed by atoms with E-state index in [1.807, 2.05) is 0 Å². The highest BCUT2D eigenvalue weighted by atomic mass is 32.1. The Labute approximate surface area is 124 Å². The van der Waals surface area contributed by atoms with Crippen molar-refractivity contribution in [1.82, 2.24) is 4.98 Å². The number of amides is 1. The van der Waals surface area contributed by atoms with Gasteiger partial charge in [-0.15, -0.1) is 0 Å². The van der Waals surface area contributed by atoms with E-state index < -0.39 is 34.7 Å². The number of carbonyl (C=O) groups is 2. The van der Waals surface area contributed by atoms with Crippen LogP contribution in [-0.4, -0.2) is 28.1 Å². The Balaban J connectivity index is 2.40. The minimum atomic E-state index is -5.12. The number of aromatic carboxylic acids is 1. The first kappa shape index (κ1) is 15.9. The molecule has 0 aliphatic heterocycles. The molecule has 0 radical (unpaired) electrons. The van der Waals surface area contributed by atoms with Crippen LogP contribution in [0.4, 0.5) is 22.7 Å². The van der Waals surface area contributed by atoms with Gasteiger partial charge in [0.05, 0.1) is 4.88 Å². The van der Waals surface area contributed by atoms with Crippen LogP contribution in [0.5, 0.6) is 0 Å². The number of alkyl halides is 3. The van der Waals surface area contributed by atoms with Gasteiger partial charge >= 0.3 is 18.1 Å². The number of rotatable bonds is 3. The van der Waals surface area contributed by atoms with Gasteiger partial charge in [0.1, 0.15) is 5.82 Å². The first-order valence-electron chi connectivity index (χ1n) is 5.56. The van der Waals surface area contributed by atoms with Crippen molar-refractivity contribution < 1.29 is 32.3 Å². The molecule has 0 aliphatic rings. The molecule has 1 amide bonds. The van der Waals surface area contributed by atoms with E-state index in [0.29, 0.717) is 11.3 Å². The van der Waals surface area contributed by atoms with Gasteiger partial charge in [0.15, 0.2) is 10.8 Å². The van der Waals surface area contributed by atoms with Gasteiger partial charge in [0.25, 0.3) is 0 Å². The lowest BCUT2D eigenvalue weighted by atomic mass is 10.1. The van der Waals surface area contributed by atoms with Crippen LogP contribution < -0.4 is 5.32 Å². The average molecular weight is 334 g/mol. The lowest BCUT2D eigenvalue weighted by molar-refractivity contribution is -0.167. The Morgan fingerprint density at radius 3 is 2.27 bits per heavy atom. The number of carbonyl (C=O) groups excluding carboxylic acids is 1. The summed E-state index contributed by atoms with van der Waals surface area (Å²) in [6, 6.07) is 4.64. The molecule has 2 rings (SSSR count). The fourth-order valence-electron chi connectivity index (χ4n) is 1.48. The van der Waals surface area contributed by atoms with E-state index in [4.69, 9.17) is 5.11 Å². The van der Waals surface area contributed by atoms with E-state index in [-0.39, 0.29) is 10.4 Å². The van der Waals surface area contributed by atoms with Crippen molar-refractivity contribution >= 4 is 28.3 Å². The predicted molar refractivity (Wildman–Crippen MR) is 69.2 cm³/mol. The van der Waals surface area contributed by atoms with Crippen LogP contribution in [0.15, 0.2) is 24.3 Å². The van der Waals surface area contributed by atoms with E-state index >= 15 is 0 Å². The van der Waals surface area contributed by atoms with Crippen LogP contribution in [0.2, 0.25) is 0 Å². The van der Waals surface area contributed by atoms with E-state index in [9.17, 15) is 27.2 Å². The van der Waals surface area contributed by atoms with Crippen LogP contribution in [0.3, 0.4) is 0 Å². The fraction of sp³-hybridized carbons (Fsp3) is 0.0833. The lowest BCUT2D eigenvalue weighted by Gasteiger charge is -2.04. The number of hydrogen-bond donors (Lipinski definition) is 2. The second-order valence-electron chi connectivity index (χ2n) is 3.96. The molecule has 0 spiro atoms. The van der Waals surface area contributed by atoms with E-state index in [1.54, 1.807) is 0 Å². The summed E-state index contributed by atoms with van der Waals surface area (Å²) in [5.74, 6) is -4.30. The van der Waals surface area contributed by atoms with Gasteiger partial charge in [0, 0.05) is 0 Å². The molecule has 0 fully saturated rings. The summed E-state index contributed by atoms with van der Waals surface area (Å²) in [4.78, 5) is 25.4. The number of aromatic nitrogens is 1. The smallest absolute Gasteiger partial charge is 0.471 e. The Kier molecular flexibility index (Phi) is 4.13. The van der Waals surface area contributed by atoms with Crippen LogP contribution in [-0.2, 0) is 4.79 Å². The summed E-state index contributed by atoms with van der Waals surface area (Å²) < 4.78 is 49.4. The zero-order valence-electron chi connectivity index (χ0n) is 10.4. The molecular formula is C12H6F4N2O3S. The van der Waals surface area contributed by atoms with Gasteiger partial charge < -0.3 is 5.11 Å². The number of nitrogens with zero attached hydrogens (tertiary/aromatic N) is 1. The molecule has 0 aliphatic carbocycles. The SMILES string of the molecule is O=C(O)c1nc(NC(=O)C(F)(F)F)sc1-c1ccc(F)cc1. The van der Waals surface area contributed by atoms with Gasteiger partial charge in [-0.2, -0.15) is 13.2 Å². The molecule has 5 nitrogen and oxygen atoms in total. The van der Waals surface area contributed by atoms with Crippen molar-refractivity contribution in [3.05, 3.63) is 35.8 Å². The molecule has 10 heteroatoms. The third-order valence-electron chi connectivity index (χ3n) is 2.41. The number of carboxylic acid groups (broad SMARTS) is 1. The zero-order valence-corrected chi connectivity index (χ0v) is 11.3. The zero-order chi connectivity index (χ0) is 16.5. The molecule has 0 atom stereocenters. The molecule has 116 valence electrons. The molecule has 0 bridgehead atoms. The van der Waals surface area contributed by atoms with Crippen LogP contribution in [0.25, 0.3) is 10.4 Å². The quantitative estimate of drug-likeness (QED) is 0.845. The molecule has 2 aromatic rings. The van der Waals surface area contributed by atoms with Gasteiger partial charge in [-0.1, -0.05) is 23.5 Å². The summed E-state index contributed by atoms with van der Waals surface area (Å²) in [7, 11) is 0. The minimum absolute atomic E-state index is 0.00461. The first-order chi connectivity index (χ1) is 10.2. The molecule has 0 saturated heterocycles. The van der Waals surface area contributed by atoms with E-state index in [2.05, 4.69) is 4.98 Å². The summed E-state index contributed by atoms with van der Waals surface area (Å²) >= 11 is 0.545. The fourth-order valence-corrected chi connectivity index (χ4v) is 2.44. The number of thiazole rings is 1. The van der Waals surface area contributed by atoms with Gasteiger partial charge in [-0.25, -0.2) is 14.2 Å². The maximum Gasteiger partial charge on any atom is 0.471 e. The van der Waals surface area contributed by atoms with Gasteiger partial charge in [-0.3, -0.25) is 10.1 Å². The van der Waals surface area contributed by atoms with E-state index in [1.165, 1.54) is 17.4 Å². The summed E-state index contributed by atoms with van der Waals surface area (Å²) in [5, 5.41) is 9.99. The van der Waals surface area contributed by atoms with Crippen molar-refractivity contribution in [2.75, 3.05) is 5.32 Å². The molecule has 1 heterocycles. The maximum atomic E-state index is 12.9. The lowest BCUT2D eigenvalue weighted by Crippen LogP contribution is -2.29. The molecule has 1 aromatic heterocycles. The highest BCUT2D eigenvalue weighted by molar-refractivity contribution is 7.19. The third kappa shape index (κ3) is 3.39. The molecule has 22 heavy (non-hydrogen) atoms. The number of anilines is 1. The van der Waals surface area contributed by atoms with Gasteiger partial charge in [-0.05, 0) is 17.7 Å². The van der Waals surface area contributed by atoms with Crippen molar-refractivity contribution in [3.8, 4) is 10.4 Å². The average Bonchev–Trinajstić information content (AvgIpc) is 2.82. The van der Waals surface area contributed by atoms with Crippen molar-refractivity contribution in [1.29, 1.82) is 0 Å². The Bertz CT molecular complexity index is 725. The molecule has 1 aromatic carbocycles. The van der Waals surface area contributed by atoms with Crippen molar-refractivity contribution in [3.63, 3.8) is 0 Å². The summed E-state index contributed by atoms with van der Waals surface area (Å²) in [5.41, 5.74) is -0.280. The Hall–Kier alpha value is -2.49. The summed E-state index contributed by atoms with van der Waals surface area (Å²) in [6.45, 7) is 0. The second kappa shape index (κ2) is 5.72. The van der Waals surface area contributed by atoms with Crippen molar-refractivity contribution in [2.24, 2.45) is 0 Å². The Morgan fingerprint density at radius 1 is 1.18 bits per heavy atom. The molecular weight excluding hydrogens is 328 g/mol. The highest BCUT2D eigenvalue weighted by Crippen LogP contribution is 2.34. The second-order valence-corrected chi connectivity index (χ2v) is 4.96.